The molecule has 0 spiro atoms. The fraction of sp³-hybridized carbons (Fsp3) is 0.231. The van der Waals surface area contributed by atoms with Gasteiger partial charge in [0.15, 0.2) is 0 Å². The number of aromatic amines is 1. The van der Waals surface area contributed by atoms with E-state index in [1.54, 1.807) is 0 Å². The van der Waals surface area contributed by atoms with Crippen LogP contribution in [0.5, 0.6) is 0 Å². The smallest absolute Gasteiger partial charge is 0.0457 e. The van der Waals surface area contributed by atoms with E-state index < -0.39 is 0 Å². The van der Waals surface area contributed by atoms with Gasteiger partial charge in [0.25, 0.3) is 0 Å². The highest BCUT2D eigenvalue weighted by atomic mass is 15.1. The number of hydrogen-bond donors (Lipinski definition) is 1. The molecule has 1 atom stereocenters. The SMILES string of the molecule is Cc1cc(C(c2ccc(N(C)C)cc2)c2c[nH]c3ccccc23)ccc1N(C)C. The highest BCUT2D eigenvalue weighted by molar-refractivity contribution is 5.85. The molecule has 4 rings (SSSR count). The van der Waals surface area contributed by atoms with Crippen LogP contribution in [0.3, 0.4) is 0 Å². The largest absolute Gasteiger partial charge is 0.378 e. The Labute approximate surface area is 173 Å². The Morgan fingerprint density at radius 3 is 2.10 bits per heavy atom. The van der Waals surface area contributed by atoms with E-state index in [1.807, 2.05) is 0 Å². The van der Waals surface area contributed by atoms with Gasteiger partial charge in [-0.05, 0) is 53.4 Å². The van der Waals surface area contributed by atoms with Crippen LogP contribution in [0.1, 0.15) is 28.2 Å². The maximum atomic E-state index is 3.47. The van der Waals surface area contributed by atoms with Crippen molar-refractivity contribution in [3.63, 3.8) is 0 Å². The zero-order chi connectivity index (χ0) is 20.5. The number of anilines is 2. The molecule has 0 aliphatic carbocycles. The molecule has 0 radical (unpaired) electrons. The lowest BCUT2D eigenvalue weighted by molar-refractivity contribution is 0.978. The van der Waals surface area contributed by atoms with E-state index >= 15 is 0 Å². The van der Waals surface area contributed by atoms with Crippen LogP contribution in [0.2, 0.25) is 0 Å². The molecule has 3 aromatic carbocycles. The van der Waals surface area contributed by atoms with Gasteiger partial charge in [-0.25, -0.2) is 0 Å². The topological polar surface area (TPSA) is 22.3 Å². The molecule has 3 heteroatoms. The van der Waals surface area contributed by atoms with Crippen molar-refractivity contribution in [1.82, 2.24) is 4.98 Å². The van der Waals surface area contributed by atoms with Crippen LogP contribution < -0.4 is 9.80 Å². The van der Waals surface area contributed by atoms with Gasteiger partial charge in [-0.15, -0.1) is 0 Å². The van der Waals surface area contributed by atoms with E-state index in [2.05, 4.69) is 123 Å². The summed E-state index contributed by atoms with van der Waals surface area (Å²) >= 11 is 0. The number of rotatable bonds is 5. The van der Waals surface area contributed by atoms with Gasteiger partial charge in [-0.2, -0.15) is 0 Å². The third kappa shape index (κ3) is 3.61. The number of benzene rings is 3. The van der Waals surface area contributed by atoms with Gasteiger partial charge in [-0.3, -0.25) is 0 Å². The summed E-state index contributed by atoms with van der Waals surface area (Å²) in [6, 6.07) is 24.3. The molecule has 29 heavy (non-hydrogen) atoms. The van der Waals surface area contributed by atoms with E-state index in [1.165, 1.54) is 44.5 Å². The van der Waals surface area contributed by atoms with Crippen molar-refractivity contribution >= 4 is 22.3 Å². The number of nitrogens with zero attached hydrogens (tertiary/aromatic N) is 2. The maximum Gasteiger partial charge on any atom is 0.0457 e. The molecule has 0 aliphatic rings. The van der Waals surface area contributed by atoms with E-state index in [-0.39, 0.29) is 5.92 Å². The molecule has 4 aromatic rings. The van der Waals surface area contributed by atoms with Crippen LogP contribution in [0.4, 0.5) is 11.4 Å². The summed E-state index contributed by atoms with van der Waals surface area (Å²) in [7, 11) is 8.35. The van der Waals surface area contributed by atoms with Gasteiger partial charge in [0.2, 0.25) is 0 Å². The second kappa shape index (κ2) is 7.67. The monoisotopic (exact) mass is 383 g/mol. The second-order valence-corrected chi connectivity index (χ2v) is 8.15. The molecular weight excluding hydrogens is 354 g/mol. The Bertz CT molecular complexity index is 1120. The van der Waals surface area contributed by atoms with Crippen molar-refractivity contribution in [3.8, 4) is 0 Å². The number of aromatic nitrogens is 1. The van der Waals surface area contributed by atoms with Crippen LogP contribution in [-0.2, 0) is 0 Å². The van der Waals surface area contributed by atoms with Crippen LogP contribution in [-0.4, -0.2) is 33.2 Å². The summed E-state index contributed by atoms with van der Waals surface area (Å²) in [6.45, 7) is 2.19. The quantitative estimate of drug-likeness (QED) is 0.471. The Morgan fingerprint density at radius 2 is 1.45 bits per heavy atom. The standard InChI is InChI=1S/C26H29N3/c1-18-16-20(12-15-25(18)29(4)5)26(19-10-13-21(14-11-19)28(2)3)23-17-27-24-9-7-6-8-22(23)24/h6-17,26-27H,1-5H3. The number of para-hydroxylation sites is 1. The number of H-pyrrole nitrogens is 1. The molecule has 1 heterocycles. The molecule has 0 bridgehead atoms. The average molecular weight is 384 g/mol. The average Bonchev–Trinajstić information content (AvgIpc) is 3.12. The summed E-state index contributed by atoms with van der Waals surface area (Å²) in [5, 5.41) is 1.28. The molecule has 1 N–H and O–H groups in total. The second-order valence-electron chi connectivity index (χ2n) is 8.15. The van der Waals surface area contributed by atoms with E-state index in [9.17, 15) is 0 Å². The van der Waals surface area contributed by atoms with Gasteiger partial charge in [0.05, 0.1) is 0 Å². The van der Waals surface area contributed by atoms with Crippen LogP contribution in [0.25, 0.3) is 10.9 Å². The highest BCUT2D eigenvalue weighted by Gasteiger charge is 2.21. The number of nitrogens with one attached hydrogen (secondary N) is 1. The first-order chi connectivity index (χ1) is 14.0. The zero-order valence-corrected chi connectivity index (χ0v) is 17.9. The summed E-state index contributed by atoms with van der Waals surface area (Å²) in [5.41, 5.74) is 8.88. The van der Waals surface area contributed by atoms with Gasteiger partial charge in [0.1, 0.15) is 0 Å². The molecule has 1 aromatic heterocycles. The summed E-state index contributed by atoms with van der Waals surface area (Å²) in [4.78, 5) is 7.78. The lowest BCUT2D eigenvalue weighted by Crippen LogP contribution is -2.11. The molecule has 148 valence electrons. The molecule has 0 aliphatic heterocycles. The van der Waals surface area contributed by atoms with Crippen molar-refractivity contribution in [2.45, 2.75) is 12.8 Å². The molecule has 0 amide bonds. The Morgan fingerprint density at radius 1 is 0.759 bits per heavy atom. The first-order valence-corrected chi connectivity index (χ1v) is 10.1. The Kier molecular flexibility index (Phi) is 5.06. The number of hydrogen-bond acceptors (Lipinski definition) is 2. The lowest BCUT2D eigenvalue weighted by atomic mass is 9.84. The van der Waals surface area contributed by atoms with Crippen molar-refractivity contribution < 1.29 is 0 Å². The molecule has 0 saturated heterocycles. The van der Waals surface area contributed by atoms with Crippen LogP contribution in [0.15, 0.2) is 72.9 Å². The molecular formula is C26H29N3. The van der Waals surface area contributed by atoms with Crippen LogP contribution >= 0.6 is 0 Å². The van der Waals surface area contributed by atoms with Gasteiger partial charge < -0.3 is 14.8 Å². The van der Waals surface area contributed by atoms with E-state index in [4.69, 9.17) is 0 Å². The third-order valence-electron chi connectivity index (χ3n) is 5.71. The predicted molar refractivity (Wildman–Crippen MR) is 126 cm³/mol. The van der Waals surface area contributed by atoms with Gasteiger partial charge in [0, 0.05) is 62.6 Å². The van der Waals surface area contributed by atoms with E-state index in [0.717, 1.165) is 0 Å². The number of aryl methyl sites for hydroxylation is 1. The molecule has 0 saturated carbocycles. The summed E-state index contributed by atoms with van der Waals surface area (Å²) in [5.74, 6) is 0.178. The molecule has 1 unspecified atom stereocenters. The van der Waals surface area contributed by atoms with E-state index in [0.29, 0.717) is 0 Å². The first kappa shape index (κ1) is 19.1. The van der Waals surface area contributed by atoms with Crippen molar-refractivity contribution in [2.24, 2.45) is 0 Å². The summed E-state index contributed by atoms with van der Waals surface area (Å²) < 4.78 is 0. The van der Waals surface area contributed by atoms with Gasteiger partial charge >= 0.3 is 0 Å². The third-order valence-corrected chi connectivity index (χ3v) is 5.71. The predicted octanol–water partition coefficient (Wildman–Crippen LogP) is 5.79. The molecule has 0 fully saturated rings. The van der Waals surface area contributed by atoms with Crippen LogP contribution in [0, 0.1) is 6.92 Å². The fourth-order valence-electron chi connectivity index (χ4n) is 4.21. The minimum absolute atomic E-state index is 0.178. The zero-order valence-electron chi connectivity index (χ0n) is 17.9. The summed E-state index contributed by atoms with van der Waals surface area (Å²) in [6.07, 6.45) is 2.17. The van der Waals surface area contributed by atoms with Crippen molar-refractivity contribution in [1.29, 1.82) is 0 Å². The molecule has 3 nitrogen and oxygen atoms in total. The first-order valence-electron chi connectivity index (χ1n) is 10.1. The lowest BCUT2D eigenvalue weighted by Gasteiger charge is -2.22. The number of fused-ring (bicyclic) bond motifs is 1. The maximum absolute atomic E-state index is 3.47. The van der Waals surface area contributed by atoms with Gasteiger partial charge in [-0.1, -0.05) is 42.5 Å². The van der Waals surface area contributed by atoms with Crippen molar-refractivity contribution in [3.05, 3.63) is 95.2 Å². The Balaban J connectivity index is 1.89. The highest BCUT2D eigenvalue weighted by Crippen LogP contribution is 2.38. The van der Waals surface area contributed by atoms with Crippen molar-refractivity contribution in [2.75, 3.05) is 38.0 Å². The Hall–Kier alpha value is -3.20. The minimum atomic E-state index is 0.178. The fourth-order valence-corrected chi connectivity index (χ4v) is 4.21. The minimum Gasteiger partial charge on any atom is -0.378 e. The normalized spacial score (nSPS) is 12.2.